The Bertz CT molecular complexity index is 230. The summed E-state index contributed by atoms with van der Waals surface area (Å²) in [6.07, 6.45) is 0.139. The molecule has 5 nitrogen and oxygen atoms in total. The Balaban J connectivity index is 3.00. The predicted octanol–water partition coefficient (Wildman–Crippen LogP) is -0.452. The number of hydrogen-bond acceptors (Lipinski definition) is 5. The molecule has 1 aromatic rings. The van der Waals surface area contributed by atoms with Crippen molar-refractivity contribution in [3.05, 3.63) is 5.56 Å². The van der Waals surface area contributed by atoms with Gasteiger partial charge in [-0.3, -0.25) is 4.39 Å². The molecule has 60 valence electrons. The van der Waals surface area contributed by atoms with Gasteiger partial charge in [0.1, 0.15) is 0 Å². The molecule has 6 heteroatoms. The summed E-state index contributed by atoms with van der Waals surface area (Å²) in [5.41, 5.74) is 11.1. The lowest BCUT2D eigenvalue weighted by Gasteiger charge is -2.01. The lowest BCUT2D eigenvalue weighted by molar-refractivity contribution is 0.495. The van der Waals surface area contributed by atoms with Crippen LogP contribution in [0.1, 0.15) is 5.56 Å². The van der Waals surface area contributed by atoms with E-state index in [4.69, 9.17) is 11.5 Å². The van der Waals surface area contributed by atoms with Crippen LogP contribution < -0.4 is 11.5 Å². The van der Waals surface area contributed by atoms with Gasteiger partial charge in [-0.1, -0.05) is 0 Å². The topological polar surface area (TPSA) is 90.7 Å². The van der Waals surface area contributed by atoms with E-state index in [0.717, 1.165) is 0 Å². The zero-order valence-corrected chi connectivity index (χ0v) is 5.79. The van der Waals surface area contributed by atoms with E-state index in [-0.39, 0.29) is 18.1 Å². The van der Waals surface area contributed by atoms with Crippen LogP contribution in [0.25, 0.3) is 0 Å². The first-order valence-corrected chi connectivity index (χ1v) is 3.05. The molecule has 0 saturated heterocycles. The second kappa shape index (κ2) is 3.09. The lowest BCUT2D eigenvalue weighted by atomic mass is 10.2. The SMILES string of the molecule is Nc1nnnc(N)c1CCF. The number of nitrogens with zero attached hydrogens (tertiary/aromatic N) is 3. The molecule has 4 N–H and O–H groups in total. The summed E-state index contributed by atoms with van der Waals surface area (Å²) in [5, 5.41) is 10.1. The lowest BCUT2D eigenvalue weighted by Crippen LogP contribution is -2.07. The van der Waals surface area contributed by atoms with E-state index in [1.54, 1.807) is 0 Å². The summed E-state index contributed by atoms with van der Waals surface area (Å²) >= 11 is 0. The van der Waals surface area contributed by atoms with Gasteiger partial charge in [-0.15, -0.1) is 10.2 Å². The Morgan fingerprint density at radius 2 is 1.73 bits per heavy atom. The van der Waals surface area contributed by atoms with Crippen molar-refractivity contribution in [3.63, 3.8) is 0 Å². The van der Waals surface area contributed by atoms with Gasteiger partial charge >= 0.3 is 0 Å². The standard InChI is InChI=1S/C5H8FN5/c6-2-1-3-4(7)9-11-10-5(3)8/h1-2H2,(H4,7,8,9,10). The average molecular weight is 157 g/mol. The van der Waals surface area contributed by atoms with Crippen molar-refractivity contribution in [2.45, 2.75) is 6.42 Å². The van der Waals surface area contributed by atoms with Crippen LogP contribution in [0.3, 0.4) is 0 Å². The molecule has 0 radical (unpaired) electrons. The summed E-state index contributed by atoms with van der Waals surface area (Å²) in [6.45, 7) is -0.526. The maximum Gasteiger partial charge on any atom is 0.154 e. The predicted molar refractivity (Wildman–Crippen MR) is 38.3 cm³/mol. The van der Waals surface area contributed by atoms with Crippen LogP contribution in [0.4, 0.5) is 16.0 Å². The van der Waals surface area contributed by atoms with Crippen molar-refractivity contribution in [2.24, 2.45) is 0 Å². The average Bonchev–Trinajstić information content (AvgIpc) is 1.97. The van der Waals surface area contributed by atoms with E-state index in [1.807, 2.05) is 0 Å². The van der Waals surface area contributed by atoms with Gasteiger partial charge in [0.15, 0.2) is 11.6 Å². The van der Waals surface area contributed by atoms with Crippen molar-refractivity contribution in [1.82, 2.24) is 15.4 Å². The van der Waals surface area contributed by atoms with E-state index < -0.39 is 6.67 Å². The maximum absolute atomic E-state index is 11.9. The van der Waals surface area contributed by atoms with Gasteiger partial charge in [-0.05, 0) is 5.21 Å². The highest BCUT2D eigenvalue weighted by atomic mass is 19.1. The minimum Gasteiger partial charge on any atom is -0.382 e. The van der Waals surface area contributed by atoms with Crippen molar-refractivity contribution in [3.8, 4) is 0 Å². The monoisotopic (exact) mass is 157 g/mol. The van der Waals surface area contributed by atoms with Gasteiger partial charge < -0.3 is 11.5 Å². The molecule has 0 aliphatic carbocycles. The fraction of sp³-hybridized carbons (Fsp3) is 0.400. The fourth-order valence-corrected chi connectivity index (χ4v) is 0.721. The summed E-state index contributed by atoms with van der Waals surface area (Å²) in [7, 11) is 0. The molecule has 0 bridgehead atoms. The molecular weight excluding hydrogens is 149 g/mol. The first-order valence-electron chi connectivity index (χ1n) is 3.05. The molecule has 0 aliphatic rings. The highest BCUT2D eigenvalue weighted by Gasteiger charge is 2.05. The molecule has 0 saturated carbocycles. The van der Waals surface area contributed by atoms with Crippen molar-refractivity contribution in [1.29, 1.82) is 0 Å². The van der Waals surface area contributed by atoms with E-state index in [2.05, 4.69) is 15.4 Å². The molecule has 0 spiro atoms. The molecule has 0 aromatic carbocycles. The van der Waals surface area contributed by atoms with E-state index in [0.29, 0.717) is 5.56 Å². The number of nitrogen functional groups attached to an aromatic ring is 2. The summed E-state index contributed by atoms with van der Waals surface area (Å²) < 4.78 is 11.9. The molecule has 1 rings (SSSR count). The van der Waals surface area contributed by atoms with Crippen LogP contribution in [-0.2, 0) is 6.42 Å². The van der Waals surface area contributed by atoms with Crippen molar-refractivity contribution < 1.29 is 4.39 Å². The Morgan fingerprint density at radius 1 is 1.18 bits per heavy atom. The first-order chi connectivity index (χ1) is 5.25. The minimum atomic E-state index is -0.526. The molecular formula is C5H8FN5. The smallest absolute Gasteiger partial charge is 0.154 e. The number of hydrogen-bond donors (Lipinski definition) is 2. The molecule has 0 unspecified atom stereocenters. The van der Waals surface area contributed by atoms with Gasteiger partial charge in [0, 0.05) is 12.0 Å². The molecule has 0 aliphatic heterocycles. The van der Waals surface area contributed by atoms with Crippen LogP contribution in [0, 0.1) is 0 Å². The molecule has 0 amide bonds. The van der Waals surface area contributed by atoms with Gasteiger partial charge in [-0.2, -0.15) is 0 Å². The van der Waals surface area contributed by atoms with Crippen LogP contribution in [0.15, 0.2) is 0 Å². The third-order valence-electron chi connectivity index (χ3n) is 1.27. The summed E-state index contributed by atoms with van der Waals surface area (Å²) in [6, 6.07) is 0. The Kier molecular flexibility index (Phi) is 2.15. The Hall–Kier alpha value is -1.46. The Labute approximate surface area is 62.6 Å². The number of alkyl halides is 1. The minimum absolute atomic E-state index is 0.139. The quantitative estimate of drug-likeness (QED) is 0.606. The van der Waals surface area contributed by atoms with Crippen molar-refractivity contribution >= 4 is 11.6 Å². The second-order valence-corrected chi connectivity index (χ2v) is 1.98. The molecule has 0 atom stereocenters. The van der Waals surface area contributed by atoms with Gasteiger partial charge in [-0.25, -0.2) is 0 Å². The van der Waals surface area contributed by atoms with Crippen LogP contribution >= 0.6 is 0 Å². The highest BCUT2D eigenvalue weighted by Crippen LogP contribution is 2.12. The molecule has 1 heterocycles. The van der Waals surface area contributed by atoms with E-state index in [1.165, 1.54) is 0 Å². The second-order valence-electron chi connectivity index (χ2n) is 1.98. The van der Waals surface area contributed by atoms with Crippen LogP contribution in [0.5, 0.6) is 0 Å². The number of nitrogens with two attached hydrogens (primary N) is 2. The van der Waals surface area contributed by atoms with Crippen LogP contribution in [-0.4, -0.2) is 22.1 Å². The number of aromatic nitrogens is 3. The maximum atomic E-state index is 11.9. The first kappa shape index (κ1) is 7.64. The van der Waals surface area contributed by atoms with E-state index in [9.17, 15) is 4.39 Å². The molecule has 11 heavy (non-hydrogen) atoms. The summed E-state index contributed by atoms with van der Waals surface area (Å²) in [5.74, 6) is 0.297. The third-order valence-corrected chi connectivity index (χ3v) is 1.27. The van der Waals surface area contributed by atoms with Gasteiger partial charge in [0.05, 0.1) is 6.67 Å². The number of rotatable bonds is 2. The fourth-order valence-electron chi connectivity index (χ4n) is 0.721. The Morgan fingerprint density at radius 3 is 2.18 bits per heavy atom. The number of halogens is 1. The van der Waals surface area contributed by atoms with Crippen LogP contribution in [0.2, 0.25) is 0 Å². The number of anilines is 2. The van der Waals surface area contributed by atoms with Crippen molar-refractivity contribution in [2.75, 3.05) is 18.1 Å². The van der Waals surface area contributed by atoms with Gasteiger partial charge in [0.2, 0.25) is 0 Å². The zero-order valence-electron chi connectivity index (χ0n) is 5.79. The summed E-state index contributed by atoms with van der Waals surface area (Å²) in [4.78, 5) is 0. The molecule has 1 aromatic heterocycles. The normalized spacial score (nSPS) is 9.91. The van der Waals surface area contributed by atoms with Gasteiger partial charge in [0.25, 0.3) is 0 Å². The van der Waals surface area contributed by atoms with E-state index >= 15 is 0 Å². The third kappa shape index (κ3) is 1.51. The molecule has 0 fully saturated rings. The zero-order chi connectivity index (χ0) is 8.27. The highest BCUT2D eigenvalue weighted by molar-refractivity contribution is 5.50. The largest absolute Gasteiger partial charge is 0.382 e.